The van der Waals surface area contributed by atoms with Crippen molar-refractivity contribution in [3.63, 3.8) is 0 Å². The van der Waals surface area contributed by atoms with E-state index >= 15 is 0 Å². The number of hydrogen-bond acceptors (Lipinski definition) is 4. The van der Waals surface area contributed by atoms with Gasteiger partial charge >= 0.3 is 5.97 Å². The van der Waals surface area contributed by atoms with Crippen molar-refractivity contribution in [3.8, 4) is 0 Å². The molecule has 0 aromatic heterocycles. The van der Waals surface area contributed by atoms with E-state index in [1.807, 2.05) is 6.92 Å². The zero-order valence-corrected chi connectivity index (χ0v) is 10.1. The molecule has 2 N–H and O–H groups in total. The predicted octanol–water partition coefficient (Wildman–Crippen LogP) is -1.14. The monoisotopic (exact) mass is 252 g/mol. The van der Waals surface area contributed by atoms with E-state index in [0.717, 1.165) is 10.7 Å². The molecule has 94 valence electrons. The molecule has 0 aliphatic rings. The first-order chi connectivity index (χ1) is 7.29. The fraction of sp³-hybridized carbons (Fsp3) is 0.750. The van der Waals surface area contributed by atoms with Crippen LogP contribution >= 0.6 is 0 Å². The minimum Gasteiger partial charge on any atom is -0.480 e. The van der Waals surface area contributed by atoms with Gasteiger partial charge in [0.2, 0.25) is 15.9 Å². The first kappa shape index (κ1) is 14.8. The highest BCUT2D eigenvalue weighted by Gasteiger charge is 2.23. The molecule has 0 heterocycles. The number of nitrogens with one attached hydrogen (secondary N) is 1. The smallest absolute Gasteiger partial charge is 0.320 e. The van der Waals surface area contributed by atoms with Crippen LogP contribution in [0.25, 0.3) is 0 Å². The van der Waals surface area contributed by atoms with Crippen molar-refractivity contribution in [1.29, 1.82) is 0 Å². The van der Waals surface area contributed by atoms with Gasteiger partial charge < -0.3 is 10.4 Å². The molecule has 7 nitrogen and oxygen atoms in total. The number of amides is 1. The Bertz CT molecular complexity index is 351. The molecular formula is C8H16N2O5S. The number of sulfonamides is 1. The molecule has 0 spiro atoms. The molecule has 0 saturated carbocycles. The van der Waals surface area contributed by atoms with Gasteiger partial charge in [0.05, 0.1) is 6.54 Å². The van der Waals surface area contributed by atoms with Crippen molar-refractivity contribution in [2.45, 2.75) is 13.3 Å². The SMILES string of the molecule is CCCNC(=O)CN(C)S(=O)(=O)CC(=O)O. The van der Waals surface area contributed by atoms with E-state index in [-0.39, 0.29) is 6.54 Å². The highest BCUT2D eigenvalue weighted by molar-refractivity contribution is 7.89. The number of aliphatic carboxylic acids is 1. The van der Waals surface area contributed by atoms with Crippen LogP contribution in [0.2, 0.25) is 0 Å². The van der Waals surface area contributed by atoms with Gasteiger partial charge in [0.1, 0.15) is 0 Å². The van der Waals surface area contributed by atoms with Gasteiger partial charge in [-0.2, -0.15) is 4.31 Å². The van der Waals surface area contributed by atoms with Crippen LogP contribution in [0.15, 0.2) is 0 Å². The van der Waals surface area contributed by atoms with Gasteiger partial charge in [0.15, 0.2) is 5.75 Å². The van der Waals surface area contributed by atoms with Crippen LogP contribution in [0.3, 0.4) is 0 Å². The summed E-state index contributed by atoms with van der Waals surface area (Å²) in [6.07, 6.45) is 0.747. The third-order valence-corrected chi connectivity index (χ3v) is 3.41. The average molecular weight is 252 g/mol. The Morgan fingerprint density at radius 2 is 1.94 bits per heavy atom. The second-order valence-corrected chi connectivity index (χ2v) is 5.33. The fourth-order valence-corrected chi connectivity index (χ4v) is 1.73. The summed E-state index contributed by atoms with van der Waals surface area (Å²) in [5.41, 5.74) is 0. The summed E-state index contributed by atoms with van der Waals surface area (Å²) in [6, 6.07) is 0. The van der Waals surface area contributed by atoms with Crippen LogP contribution in [0, 0.1) is 0 Å². The summed E-state index contributed by atoms with van der Waals surface area (Å²) in [7, 11) is -2.74. The summed E-state index contributed by atoms with van der Waals surface area (Å²) in [5, 5.41) is 10.9. The van der Waals surface area contributed by atoms with Gasteiger partial charge in [-0.3, -0.25) is 9.59 Å². The van der Waals surface area contributed by atoms with E-state index in [0.29, 0.717) is 6.54 Å². The normalized spacial score (nSPS) is 11.4. The van der Waals surface area contributed by atoms with E-state index in [9.17, 15) is 18.0 Å². The van der Waals surface area contributed by atoms with Crippen LogP contribution < -0.4 is 5.32 Å². The van der Waals surface area contributed by atoms with Gasteiger partial charge in [-0.1, -0.05) is 6.92 Å². The number of carboxylic acid groups (broad SMARTS) is 1. The maximum absolute atomic E-state index is 11.3. The Morgan fingerprint density at radius 1 is 1.38 bits per heavy atom. The molecule has 16 heavy (non-hydrogen) atoms. The Balaban J connectivity index is 4.29. The molecule has 0 radical (unpaired) electrons. The first-order valence-electron chi connectivity index (χ1n) is 4.72. The van der Waals surface area contributed by atoms with Crippen molar-refractivity contribution >= 4 is 21.9 Å². The summed E-state index contributed by atoms with van der Waals surface area (Å²) in [5.74, 6) is -2.90. The minimum absolute atomic E-state index is 0.365. The number of carboxylic acids is 1. The summed E-state index contributed by atoms with van der Waals surface area (Å²) in [6.45, 7) is 1.96. The third kappa shape index (κ3) is 5.66. The lowest BCUT2D eigenvalue weighted by Crippen LogP contribution is -2.40. The lowest BCUT2D eigenvalue weighted by atomic mass is 10.4. The standard InChI is InChI=1S/C8H16N2O5S/c1-3-4-9-7(11)5-10(2)16(14,15)6-8(12)13/h3-6H2,1-2H3,(H,9,11)(H,12,13). The molecule has 0 aromatic carbocycles. The lowest BCUT2D eigenvalue weighted by Gasteiger charge is -2.15. The Labute approximate surface area is 94.5 Å². The van der Waals surface area contributed by atoms with Crippen molar-refractivity contribution in [3.05, 3.63) is 0 Å². The molecular weight excluding hydrogens is 236 g/mol. The van der Waals surface area contributed by atoms with Gasteiger partial charge in [-0.15, -0.1) is 0 Å². The Kier molecular flexibility index (Phi) is 5.97. The topological polar surface area (TPSA) is 104 Å². The molecule has 8 heteroatoms. The van der Waals surface area contributed by atoms with Gasteiger partial charge in [-0.05, 0) is 6.42 Å². The van der Waals surface area contributed by atoms with Gasteiger partial charge in [0, 0.05) is 13.6 Å². The second kappa shape index (κ2) is 6.44. The van der Waals surface area contributed by atoms with Gasteiger partial charge in [-0.25, -0.2) is 8.42 Å². The Hall–Kier alpha value is -1.15. The summed E-state index contributed by atoms with van der Waals surface area (Å²) < 4.78 is 23.4. The van der Waals surface area contributed by atoms with E-state index in [2.05, 4.69) is 5.32 Å². The molecule has 1 amide bonds. The Morgan fingerprint density at radius 3 is 2.38 bits per heavy atom. The number of carbonyl (C=O) groups excluding carboxylic acids is 1. The van der Waals surface area contributed by atoms with Crippen molar-refractivity contribution in [1.82, 2.24) is 9.62 Å². The molecule has 0 fully saturated rings. The van der Waals surface area contributed by atoms with Crippen LogP contribution in [0.4, 0.5) is 0 Å². The zero-order chi connectivity index (χ0) is 12.8. The van der Waals surface area contributed by atoms with E-state index in [4.69, 9.17) is 5.11 Å². The van der Waals surface area contributed by atoms with Crippen LogP contribution in [0.1, 0.15) is 13.3 Å². The quantitative estimate of drug-likeness (QED) is 0.596. The predicted molar refractivity (Wildman–Crippen MR) is 57.4 cm³/mol. The summed E-state index contributed by atoms with van der Waals surface area (Å²) >= 11 is 0. The zero-order valence-electron chi connectivity index (χ0n) is 9.26. The molecule has 0 atom stereocenters. The minimum atomic E-state index is -3.91. The molecule has 0 unspecified atom stereocenters. The van der Waals surface area contributed by atoms with Crippen LogP contribution in [-0.4, -0.2) is 55.6 Å². The summed E-state index contributed by atoms with van der Waals surface area (Å²) in [4.78, 5) is 21.5. The van der Waals surface area contributed by atoms with Crippen LogP contribution in [0.5, 0.6) is 0 Å². The largest absolute Gasteiger partial charge is 0.480 e. The number of hydrogen-bond donors (Lipinski definition) is 2. The van der Waals surface area contributed by atoms with Crippen molar-refractivity contribution in [2.75, 3.05) is 25.9 Å². The van der Waals surface area contributed by atoms with Crippen LogP contribution in [-0.2, 0) is 19.6 Å². The molecule has 0 rings (SSSR count). The number of carbonyl (C=O) groups is 2. The lowest BCUT2D eigenvalue weighted by molar-refractivity contribution is -0.134. The van der Waals surface area contributed by atoms with E-state index < -0.39 is 27.7 Å². The highest BCUT2D eigenvalue weighted by Crippen LogP contribution is 1.97. The molecule has 0 aliphatic carbocycles. The van der Waals surface area contributed by atoms with E-state index in [1.165, 1.54) is 7.05 Å². The van der Waals surface area contributed by atoms with Gasteiger partial charge in [0.25, 0.3) is 0 Å². The molecule has 0 bridgehead atoms. The number of nitrogens with zero attached hydrogens (tertiary/aromatic N) is 1. The fourth-order valence-electron chi connectivity index (χ4n) is 0.887. The average Bonchev–Trinajstić information content (AvgIpc) is 2.12. The number of likely N-dealkylation sites (N-methyl/N-ethyl adjacent to an activating group) is 1. The third-order valence-electron chi connectivity index (χ3n) is 1.72. The molecule has 0 saturated heterocycles. The van der Waals surface area contributed by atoms with Crippen molar-refractivity contribution < 1.29 is 23.1 Å². The second-order valence-electron chi connectivity index (χ2n) is 3.26. The maximum atomic E-state index is 11.3. The molecule has 0 aliphatic heterocycles. The van der Waals surface area contributed by atoms with E-state index in [1.54, 1.807) is 0 Å². The molecule has 0 aromatic rings. The number of rotatable bonds is 7. The van der Waals surface area contributed by atoms with Crippen molar-refractivity contribution in [2.24, 2.45) is 0 Å². The first-order valence-corrected chi connectivity index (χ1v) is 6.33. The maximum Gasteiger partial charge on any atom is 0.320 e. The highest BCUT2D eigenvalue weighted by atomic mass is 32.2.